The molecule has 0 spiro atoms. The van der Waals surface area contributed by atoms with Crippen molar-refractivity contribution in [2.75, 3.05) is 5.32 Å². The van der Waals surface area contributed by atoms with Gasteiger partial charge in [-0.15, -0.1) is 0 Å². The summed E-state index contributed by atoms with van der Waals surface area (Å²) in [5.74, 6) is 0.384. The first-order valence-electron chi connectivity index (χ1n) is 7.75. The van der Waals surface area contributed by atoms with Crippen LogP contribution in [0.15, 0.2) is 71.2 Å². The fourth-order valence-corrected chi connectivity index (χ4v) is 2.75. The number of anilines is 1. The Bertz CT molecular complexity index is 855. The molecule has 5 heteroatoms. The molecule has 25 heavy (non-hydrogen) atoms. The van der Waals surface area contributed by atoms with Crippen molar-refractivity contribution in [3.05, 3.63) is 93.2 Å². The van der Waals surface area contributed by atoms with Gasteiger partial charge in [0.25, 0.3) is 0 Å². The van der Waals surface area contributed by atoms with E-state index < -0.39 is 5.82 Å². The zero-order valence-corrected chi connectivity index (χ0v) is 15.6. The average molecular weight is 421 g/mol. The summed E-state index contributed by atoms with van der Waals surface area (Å²) in [5, 5.41) is 3.33. The van der Waals surface area contributed by atoms with Gasteiger partial charge in [-0.1, -0.05) is 51.8 Å². The maximum atomic E-state index is 13.2. The number of nitrogens with one attached hydrogen (secondary N) is 1. The molecule has 3 rings (SSSR count). The Labute approximate surface area is 159 Å². The van der Waals surface area contributed by atoms with Crippen LogP contribution in [0.2, 0.25) is 5.02 Å². The fraction of sp³-hybridized carbons (Fsp3) is 0.100. The van der Waals surface area contributed by atoms with Crippen molar-refractivity contribution < 1.29 is 9.13 Å². The van der Waals surface area contributed by atoms with Gasteiger partial charge in [0.1, 0.15) is 18.2 Å². The third kappa shape index (κ3) is 5.21. The third-order valence-corrected chi connectivity index (χ3v) is 4.45. The molecule has 0 heterocycles. The lowest BCUT2D eigenvalue weighted by molar-refractivity contribution is 0.306. The molecule has 0 aromatic heterocycles. The molecule has 0 bridgehead atoms. The van der Waals surface area contributed by atoms with Gasteiger partial charge in [0, 0.05) is 16.7 Å². The number of rotatable bonds is 6. The van der Waals surface area contributed by atoms with Gasteiger partial charge >= 0.3 is 0 Å². The number of halogens is 3. The highest BCUT2D eigenvalue weighted by Gasteiger charge is 2.02. The van der Waals surface area contributed by atoms with Crippen LogP contribution in [-0.4, -0.2) is 0 Å². The van der Waals surface area contributed by atoms with Gasteiger partial charge in [-0.2, -0.15) is 0 Å². The summed E-state index contributed by atoms with van der Waals surface area (Å²) in [6.45, 7) is 1.11. The Kier molecular flexibility index (Phi) is 5.95. The quantitative estimate of drug-likeness (QED) is 0.496. The number of benzene rings is 3. The second-order valence-electron chi connectivity index (χ2n) is 5.54. The van der Waals surface area contributed by atoms with E-state index in [1.165, 1.54) is 6.07 Å². The Balaban J connectivity index is 1.59. The SMILES string of the molecule is Fc1ccc(NCc2cccc(OCc3ccc(Br)cc3)c2)cc1Cl. The Morgan fingerprint density at radius 2 is 1.76 bits per heavy atom. The maximum Gasteiger partial charge on any atom is 0.141 e. The summed E-state index contributed by atoms with van der Waals surface area (Å²) in [7, 11) is 0. The van der Waals surface area contributed by atoms with Crippen LogP contribution in [-0.2, 0) is 13.2 Å². The van der Waals surface area contributed by atoms with Crippen LogP contribution in [0.25, 0.3) is 0 Å². The monoisotopic (exact) mass is 419 g/mol. The van der Waals surface area contributed by atoms with Crippen molar-refractivity contribution in [3.8, 4) is 5.75 Å². The Morgan fingerprint density at radius 1 is 0.960 bits per heavy atom. The first kappa shape index (κ1) is 17.8. The largest absolute Gasteiger partial charge is 0.489 e. The van der Waals surface area contributed by atoms with Crippen LogP contribution in [0.3, 0.4) is 0 Å². The summed E-state index contributed by atoms with van der Waals surface area (Å²) in [6, 6.07) is 20.5. The van der Waals surface area contributed by atoms with Crippen LogP contribution in [0, 0.1) is 5.82 Å². The van der Waals surface area contributed by atoms with Crippen molar-refractivity contribution in [2.45, 2.75) is 13.2 Å². The molecule has 0 saturated heterocycles. The highest BCUT2D eigenvalue weighted by molar-refractivity contribution is 9.10. The highest BCUT2D eigenvalue weighted by atomic mass is 79.9. The standard InChI is InChI=1S/C20H16BrClFNO/c21-16-6-4-14(5-7-16)13-25-18-3-1-2-15(10-18)12-24-17-8-9-20(23)19(22)11-17/h1-11,24H,12-13H2. The van der Waals surface area contributed by atoms with Gasteiger partial charge in [-0.25, -0.2) is 4.39 Å². The number of hydrogen-bond donors (Lipinski definition) is 1. The van der Waals surface area contributed by atoms with Gasteiger partial charge in [-0.05, 0) is 53.6 Å². The molecule has 0 aliphatic rings. The van der Waals surface area contributed by atoms with Crippen molar-refractivity contribution in [1.29, 1.82) is 0 Å². The van der Waals surface area contributed by atoms with E-state index in [4.69, 9.17) is 16.3 Å². The molecule has 0 saturated carbocycles. The predicted molar refractivity (Wildman–Crippen MR) is 104 cm³/mol. The van der Waals surface area contributed by atoms with Crippen LogP contribution >= 0.6 is 27.5 Å². The fourth-order valence-electron chi connectivity index (χ4n) is 2.30. The van der Waals surface area contributed by atoms with Crippen molar-refractivity contribution in [1.82, 2.24) is 0 Å². The van der Waals surface area contributed by atoms with Crippen LogP contribution in [0.5, 0.6) is 5.75 Å². The van der Waals surface area contributed by atoms with Crippen LogP contribution in [0.4, 0.5) is 10.1 Å². The summed E-state index contributed by atoms with van der Waals surface area (Å²) >= 11 is 9.21. The minimum atomic E-state index is -0.421. The van der Waals surface area contributed by atoms with E-state index in [9.17, 15) is 4.39 Å². The maximum absolute atomic E-state index is 13.2. The van der Waals surface area contributed by atoms with E-state index in [2.05, 4.69) is 21.2 Å². The first-order chi connectivity index (χ1) is 12.1. The Morgan fingerprint density at radius 3 is 2.52 bits per heavy atom. The lowest BCUT2D eigenvalue weighted by Crippen LogP contribution is -2.01. The van der Waals surface area contributed by atoms with Crippen LogP contribution in [0.1, 0.15) is 11.1 Å². The molecule has 0 amide bonds. The molecule has 0 atom stereocenters. The summed E-state index contributed by atoms with van der Waals surface area (Å²) in [5.41, 5.74) is 2.94. The van der Waals surface area contributed by atoms with Gasteiger partial charge in [0.05, 0.1) is 5.02 Å². The average Bonchev–Trinajstić information content (AvgIpc) is 2.63. The molecule has 128 valence electrons. The Hall–Kier alpha value is -2.04. The topological polar surface area (TPSA) is 21.3 Å². The van der Waals surface area contributed by atoms with E-state index >= 15 is 0 Å². The lowest BCUT2D eigenvalue weighted by Gasteiger charge is -2.10. The predicted octanol–water partition coefficient (Wildman–Crippen LogP) is 6.43. The smallest absolute Gasteiger partial charge is 0.141 e. The normalized spacial score (nSPS) is 10.5. The second-order valence-corrected chi connectivity index (χ2v) is 6.87. The molecular formula is C20H16BrClFNO. The van der Waals surface area contributed by atoms with Crippen molar-refractivity contribution in [3.63, 3.8) is 0 Å². The molecule has 1 N–H and O–H groups in total. The molecule has 0 unspecified atom stereocenters. The second kappa shape index (κ2) is 8.37. The lowest BCUT2D eigenvalue weighted by atomic mass is 10.2. The molecular weight excluding hydrogens is 405 g/mol. The van der Waals surface area contributed by atoms with E-state index in [0.717, 1.165) is 27.0 Å². The molecule has 0 aliphatic heterocycles. The van der Waals surface area contributed by atoms with Crippen molar-refractivity contribution >= 4 is 33.2 Å². The summed E-state index contributed by atoms with van der Waals surface area (Å²) < 4.78 is 20.1. The zero-order valence-electron chi connectivity index (χ0n) is 13.3. The molecule has 2 nitrogen and oxygen atoms in total. The minimum Gasteiger partial charge on any atom is -0.489 e. The van der Waals surface area contributed by atoms with Gasteiger partial charge < -0.3 is 10.1 Å². The van der Waals surface area contributed by atoms with Gasteiger partial charge in [-0.3, -0.25) is 0 Å². The highest BCUT2D eigenvalue weighted by Crippen LogP contribution is 2.21. The molecule has 0 aliphatic carbocycles. The molecule has 3 aromatic rings. The van der Waals surface area contributed by atoms with E-state index in [1.54, 1.807) is 12.1 Å². The summed E-state index contributed by atoms with van der Waals surface area (Å²) in [4.78, 5) is 0. The third-order valence-electron chi connectivity index (χ3n) is 3.63. The number of hydrogen-bond acceptors (Lipinski definition) is 2. The van der Waals surface area contributed by atoms with Gasteiger partial charge in [0.15, 0.2) is 0 Å². The van der Waals surface area contributed by atoms with Gasteiger partial charge in [0.2, 0.25) is 0 Å². The summed E-state index contributed by atoms with van der Waals surface area (Å²) in [6.07, 6.45) is 0. The molecule has 0 radical (unpaired) electrons. The zero-order chi connectivity index (χ0) is 17.6. The van der Waals surface area contributed by atoms with Crippen molar-refractivity contribution in [2.24, 2.45) is 0 Å². The van der Waals surface area contributed by atoms with Crippen LogP contribution < -0.4 is 10.1 Å². The van der Waals surface area contributed by atoms with E-state index in [0.29, 0.717) is 13.2 Å². The first-order valence-corrected chi connectivity index (χ1v) is 8.92. The molecule has 3 aromatic carbocycles. The minimum absolute atomic E-state index is 0.108. The van der Waals surface area contributed by atoms with E-state index in [1.807, 2.05) is 48.5 Å². The number of ether oxygens (including phenoxy) is 1. The van der Waals surface area contributed by atoms with E-state index in [-0.39, 0.29) is 5.02 Å². The molecule has 0 fully saturated rings.